The summed E-state index contributed by atoms with van der Waals surface area (Å²) in [5.74, 6) is -1.51. The molecule has 2 aromatic rings. The summed E-state index contributed by atoms with van der Waals surface area (Å²) in [6.45, 7) is -0.405. The van der Waals surface area contributed by atoms with Crippen molar-refractivity contribution in [3.63, 3.8) is 0 Å². The maximum atomic E-state index is 12.1. The standard InChI is InChI=1S/C17H15Cl2N3O6/c18-15(19)16(24)21-13(9-28-17(25)11-2-1-7-20-8-11)14(23)10-3-5-12(6-4-10)22(26)27/h1-8,13-15,23H,9H2,(H,21,24). The van der Waals surface area contributed by atoms with Gasteiger partial charge in [-0.2, -0.15) is 0 Å². The second-order valence-electron chi connectivity index (χ2n) is 5.55. The second-order valence-corrected chi connectivity index (χ2v) is 6.65. The number of hydrogen-bond acceptors (Lipinski definition) is 7. The second kappa shape index (κ2) is 9.98. The lowest BCUT2D eigenvalue weighted by atomic mass is 10.0. The van der Waals surface area contributed by atoms with E-state index in [1.54, 1.807) is 6.07 Å². The Labute approximate surface area is 169 Å². The van der Waals surface area contributed by atoms with E-state index in [2.05, 4.69) is 10.3 Å². The zero-order valence-electron chi connectivity index (χ0n) is 14.2. The van der Waals surface area contributed by atoms with Gasteiger partial charge in [-0.15, -0.1) is 0 Å². The van der Waals surface area contributed by atoms with Crippen LogP contribution in [0, 0.1) is 10.1 Å². The van der Waals surface area contributed by atoms with Crippen molar-refractivity contribution in [2.75, 3.05) is 6.61 Å². The summed E-state index contributed by atoms with van der Waals surface area (Å²) in [5, 5.41) is 23.7. The predicted molar refractivity (Wildman–Crippen MR) is 100 cm³/mol. The fourth-order valence-electron chi connectivity index (χ4n) is 2.22. The summed E-state index contributed by atoms with van der Waals surface area (Å²) < 4.78 is 5.13. The number of hydrogen-bond donors (Lipinski definition) is 2. The number of nitro benzene ring substituents is 1. The number of amides is 1. The van der Waals surface area contributed by atoms with Gasteiger partial charge in [-0.05, 0) is 29.8 Å². The molecule has 1 amide bonds. The Hall–Kier alpha value is -2.75. The van der Waals surface area contributed by atoms with Crippen molar-refractivity contribution in [1.82, 2.24) is 10.3 Å². The van der Waals surface area contributed by atoms with Crippen molar-refractivity contribution >= 4 is 40.8 Å². The summed E-state index contributed by atoms with van der Waals surface area (Å²) in [7, 11) is 0. The lowest BCUT2D eigenvalue weighted by Crippen LogP contribution is -2.45. The van der Waals surface area contributed by atoms with E-state index in [-0.39, 0.29) is 16.8 Å². The zero-order chi connectivity index (χ0) is 20.7. The summed E-state index contributed by atoms with van der Waals surface area (Å²) >= 11 is 11.0. The number of ether oxygens (including phenoxy) is 1. The van der Waals surface area contributed by atoms with Crippen LogP contribution in [0.1, 0.15) is 22.0 Å². The molecule has 148 valence electrons. The average molecular weight is 428 g/mol. The van der Waals surface area contributed by atoms with Gasteiger partial charge in [-0.3, -0.25) is 19.9 Å². The molecule has 2 rings (SSSR count). The van der Waals surface area contributed by atoms with Gasteiger partial charge in [0.15, 0.2) is 4.84 Å². The van der Waals surface area contributed by atoms with Gasteiger partial charge >= 0.3 is 5.97 Å². The smallest absolute Gasteiger partial charge is 0.339 e. The molecule has 0 fully saturated rings. The number of rotatable bonds is 8. The number of nitrogens with one attached hydrogen (secondary N) is 1. The van der Waals surface area contributed by atoms with Crippen LogP contribution in [-0.2, 0) is 9.53 Å². The topological polar surface area (TPSA) is 132 Å². The van der Waals surface area contributed by atoms with Crippen LogP contribution in [0.15, 0.2) is 48.8 Å². The Balaban J connectivity index is 2.14. The fourth-order valence-corrected chi connectivity index (χ4v) is 2.34. The monoisotopic (exact) mass is 427 g/mol. The largest absolute Gasteiger partial charge is 0.460 e. The third kappa shape index (κ3) is 5.88. The molecule has 11 heteroatoms. The van der Waals surface area contributed by atoms with Crippen molar-refractivity contribution in [2.24, 2.45) is 0 Å². The molecule has 2 N–H and O–H groups in total. The lowest BCUT2D eigenvalue weighted by Gasteiger charge is -2.24. The molecule has 28 heavy (non-hydrogen) atoms. The molecule has 2 atom stereocenters. The first-order valence-corrected chi connectivity index (χ1v) is 8.75. The van der Waals surface area contributed by atoms with Crippen molar-refractivity contribution in [1.29, 1.82) is 0 Å². The van der Waals surface area contributed by atoms with Gasteiger partial charge in [0.2, 0.25) is 0 Å². The van der Waals surface area contributed by atoms with Gasteiger partial charge in [0.05, 0.1) is 16.5 Å². The van der Waals surface area contributed by atoms with E-state index in [0.29, 0.717) is 0 Å². The van der Waals surface area contributed by atoms with Gasteiger partial charge in [0.1, 0.15) is 12.7 Å². The molecule has 9 nitrogen and oxygen atoms in total. The van der Waals surface area contributed by atoms with E-state index in [0.717, 1.165) is 0 Å². The highest BCUT2D eigenvalue weighted by Crippen LogP contribution is 2.21. The van der Waals surface area contributed by atoms with Crippen molar-refractivity contribution < 1.29 is 24.4 Å². The van der Waals surface area contributed by atoms with Crippen molar-refractivity contribution in [3.8, 4) is 0 Å². The van der Waals surface area contributed by atoms with E-state index in [4.69, 9.17) is 27.9 Å². The van der Waals surface area contributed by atoms with Crippen LogP contribution in [0.4, 0.5) is 5.69 Å². The van der Waals surface area contributed by atoms with Crippen LogP contribution >= 0.6 is 23.2 Å². The maximum Gasteiger partial charge on any atom is 0.339 e. The molecule has 0 spiro atoms. The molecule has 0 aliphatic heterocycles. The number of carbonyl (C=O) groups excluding carboxylic acids is 2. The molecule has 0 aliphatic carbocycles. The van der Waals surface area contributed by atoms with E-state index in [1.807, 2.05) is 0 Å². The number of esters is 1. The molecule has 0 bridgehead atoms. The molecular formula is C17H15Cl2N3O6. The van der Waals surface area contributed by atoms with E-state index in [9.17, 15) is 24.8 Å². The predicted octanol–water partition coefficient (Wildman–Crippen LogP) is 2.17. The van der Waals surface area contributed by atoms with Crippen LogP contribution in [0.2, 0.25) is 0 Å². The highest BCUT2D eigenvalue weighted by molar-refractivity contribution is 6.53. The number of nitro groups is 1. The molecule has 2 unspecified atom stereocenters. The highest BCUT2D eigenvalue weighted by atomic mass is 35.5. The summed E-state index contributed by atoms with van der Waals surface area (Å²) in [5.41, 5.74) is 0.278. The molecule has 0 aliphatic rings. The number of aromatic nitrogens is 1. The Morgan fingerprint density at radius 3 is 2.46 bits per heavy atom. The summed E-state index contributed by atoms with van der Waals surface area (Å²) in [4.78, 5) is 36.4. The molecule has 1 heterocycles. The molecule has 1 aromatic carbocycles. The Morgan fingerprint density at radius 1 is 1.25 bits per heavy atom. The molecule has 0 radical (unpaired) electrons. The first-order chi connectivity index (χ1) is 13.3. The minimum atomic E-state index is -1.40. The van der Waals surface area contributed by atoms with Gasteiger partial charge in [0, 0.05) is 24.5 Å². The first-order valence-electron chi connectivity index (χ1n) is 7.87. The Kier molecular flexibility index (Phi) is 7.68. The zero-order valence-corrected chi connectivity index (χ0v) is 15.7. The van der Waals surface area contributed by atoms with Crippen molar-refractivity contribution in [2.45, 2.75) is 17.0 Å². The van der Waals surface area contributed by atoms with Crippen LogP contribution in [0.25, 0.3) is 0 Å². The lowest BCUT2D eigenvalue weighted by molar-refractivity contribution is -0.384. The number of halogens is 2. The number of non-ortho nitro benzene ring substituents is 1. The SMILES string of the molecule is O=C(OCC(NC(=O)C(Cl)Cl)C(O)c1ccc([N+](=O)[O-])cc1)c1cccnc1. The van der Waals surface area contributed by atoms with E-state index in [1.165, 1.54) is 42.7 Å². The fraction of sp³-hybridized carbons (Fsp3) is 0.235. The number of aliphatic hydroxyl groups excluding tert-OH is 1. The maximum absolute atomic E-state index is 12.1. The van der Waals surface area contributed by atoms with Gasteiger partial charge in [-0.1, -0.05) is 23.2 Å². The number of nitrogens with zero attached hydrogens (tertiary/aromatic N) is 2. The van der Waals surface area contributed by atoms with Crippen molar-refractivity contribution in [3.05, 3.63) is 70.0 Å². The third-order valence-corrected chi connectivity index (χ3v) is 4.04. The minimum absolute atomic E-state index is 0.166. The first kappa shape index (κ1) is 21.5. The Morgan fingerprint density at radius 2 is 1.93 bits per heavy atom. The highest BCUT2D eigenvalue weighted by Gasteiger charge is 2.27. The number of alkyl halides is 2. The van der Waals surface area contributed by atoms with Crippen LogP contribution in [0.5, 0.6) is 0 Å². The average Bonchev–Trinajstić information content (AvgIpc) is 2.70. The van der Waals surface area contributed by atoms with Crippen LogP contribution in [0.3, 0.4) is 0 Å². The van der Waals surface area contributed by atoms with Gasteiger partial charge < -0.3 is 15.2 Å². The normalized spacial score (nSPS) is 12.9. The molecule has 1 aromatic heterocycles. The summed E-state index contributed by atoms with van der Waals surface area (Å²) in [6, 6.07) is 6.98. The molecule has 0 saturated heterocycles. The quantitative estimate of drug-likeness (QED) is 0.285. The van der Waals surface area contributed by atoms with Gasteiger partial charge in [0.25, 0.3) is 11.6 Å². The molecular weight excluding hydrogens is 413 g/mol. The van der Waals surface area contributed by atoms with E-state index >= 15 is 0 Å². The third-order valence-electron chi connectivity index (χ3n) is 3.64. The summed E-state index contributed by atoms with van der Waals surface area (Å²) in [6.07, 6.45) is 1.44. The Bertz CT molecular complexity index is 833. The van der Waals surface area contributed by atoms with Crippen LogP contribution in [-0.4, -0.2) is 44.4 Å². The minimum Gasteiger partial charge on any atom is -0.460 e. The van der Waals surface area contributed by atoms with Crippen LogP contribution < -0.4 is 5.32 Å². The number of pyridine rings is 1. The number of benzene rings is 1. The molecule has 0 saturated carbocycles. The van der Waals surface area contributed by atoms with E-state index < -0.39 is 40.4 Å². The number of aliphatic hydroxyl groups is 1. The van der Waals surface area contributed by atoms with Gasteiger partial charge in [-0.25, -0.2) is 4.79 Å². The number of carbonyl (C=O) groups is 2.